The van der Waals surface area contributed by atoms with Crippen molar-refractivity contribution in [3.63, 3.8) is 0 Å². The molecular weight excluding hydrogens is 206 g/mol. The van der Waals surface area contributed by atoms with Crippen LogP contribution in [0.15, 0.2) is 0 Å². The van der Waals surface area contributed by atoms with E-state index in [4.69, 9.17) is 29.3 Å². The van der Waals surface area contributed by atoms with E-state index in [1.54, 1.807) is 14.2 Å². The molecule has 0 aromatic heterocycles. The van der Waals surface area contributed by atoms with Crippen molar-refractivity contribution in [3.8, 4) is 0 Å². The van der Waals surface area contributed by atoms with Crippen LogP contribution in [-0.4, -0.2) is 62.7 Å². The van der Waals surface area contributed by atoms with Crippen LogP contribution in [0.5, 0.6) is 0 Å². The lowest BCUT2D eigenvalue weighted by Crippen LogP contribution is -2.23. The van der Waals surface area contributed by atoms with Gasteiger partial charge in [-0.1, -0.05) is 0 Å². The first-order valence-electron chi connectivity index (χ1n) is 4.21. The summed E-state index contributed by atoms with van der Waals surface area (Å²) >= 11 is 0. The van der Waals surface area contributed by atoms with Crippen molar-refractivity contribution in [2.75, 3.05) is 40.5 Å². The fraction of sp³-hybridized carbons (Fsp3) is 0.750. The van der Waals surface area contributed by atoms with Crippen molar-refractivity contribution in [1.82, 2.24) is 5.32 Å². The molecule has 0 radical (unpaired) electrons. The Morgan fingerprint density at radius 1 is 1.00 bits per heavy atom. The van der Waals surface area contributed by atoms with Gasteiger partial charge in [-0.05, 0) is 0 Å². The molecule has 15 heavy (non-hydrogen) atoms. The second-order valence-corrected chi connectivity index (χ2v) is 2.35. The highest BCUT2D eigenvalue weighted by atomic mass is 16.5. The summed E-state index contributed by atoms with van der Waals surface area (Å²) < 4.78 is 9.64. The number of carbonyl (C=O) groups is 2. The van der Waals surface area contributed by atoms with E-state index in [2.05, 4.69) is 5.32 Å². The van der Waals surface area contributed by atoms with Gasteiger partial charge in [0.25, 0.3) is 0 Å². The van der Waals surface area contributed by atoms with E-state index in [1.807, 2.05) is 0 Å². The van der Waals surface area contributed by atoms with Crippen LogP contribution in [0.4, 0.5) is 0 Å². The molecule has 0 fully saturated rings. The summed E-state index contributed by atoms with van der Waals surface area (Å²) in [6.45, 7) is 3.34. The van der Waals surface area contributed by atoms with Gasteiger partial charge < -0.3 is 25.0 Å². The molecule has 0 aromatic rings. The van der Waals surface area contributed by atoms with Gasteiger partial charge in [0.05, 0.1) is 13.2 Å². The van der Waals surface area contributed by atoms with Crippen LogP contribution in [0, 0.1) is 0 Å². The van der Waals surface area contributed by atoms with E-state index in [0.717, 1.165) is 26.3 Å². The lowest BCUT2D eigenvalue weighted by molar-refractivity contribution is -0.159. The largest absolute Gasteiger partial charge is 0.473 e. The third-order valence-electron chi connectivity index (χ3n) is 1.15. The lowest BCUT2D eigenvalue weighted by atomic mass is 10.6. The van der Waals surface area contributed by atoms with Crippen LogP contribution >= 0.6 is 0 Å². The molecule has 0 heterocycles. The maximum atomic E-state index is 9.10. The maximum Gasteiger partial charge on any atom is 0.414 e. The lowest BCUT2D eigenvalue weighted by Gasteiger charge is -2.01. The van der Waals surface area contributed by atoms with Crippen LogP contribution in [0.3, 0.4) is 0 Å². The molecule has 0 aliphatic heterocycles. The van der Waals surface area contributed by atoms with Crippen molar-refractivity contribution >= 4 is 11.9 Å². The quantitative estimate of drug-likeness (QED) is 0.392. The number of nitrogens with one attached hydrogen (secondary N) is 1. The highest BCUT2D eigenvalue weighted by Gasteiger charge is 2.04. The molecule has 0 aromatic carbocycles. The normalized spacial score (nSPS) is 8.93. The Bertz CT molecular complexity index is 155. The minimum absolute atomic E-state index is 0.768. The first kappa shape index (κ1) is 16.3. The molecule has 7 nitrogen and oxygen atoms in total. The van der Waals surface area contributed by atoms with Crippen LogP contribution in [0.2, 0.25) is 0 Å². The molecule has 90 valence electrons. The Balaban J connectivity index is 0. The highest BCUT2D eigenvalue weighted by Crippen LogP contribution is 1.65. The first-order valence-corrected chi connectivity index (χ1v) is 4.21. The summed E-state index contributed by atoms with van der Waals surface area (Å²) in [5.41, 5.74) is 0. The summed E-state index contributed by atoms with van der Waals surface area (Å²) in [6, 6.07) is 0. The molecule has 0 aliphatic carbocycles. The minimum Gasteiger partial charge on any atom is -0.473 e. The summed E-state index contributed by atoms with van der Waals surface area (Å²) in [7, 11) is 3.38. The molecule has 3 N–H and O–H groups in total. The summed E-state index contributed by atoms with van der Waals surface area (Å²) in [5.74, 6) is -3.65. The van der Waals surface area contributed by atoms with Crippen molar-refractivity contribution in [1.29, 1.82) is 0 Å². The third-order valence-corrected chi connectivity index (χ3v) is 1.15. The molecule has 0 rings (SSSR count). The Morgan fingerprint density at radius 3 is 1.53 bits per heavy atom. The number of rotatable bonds is 6. The van der Waals surface area contributed by atoms with Crippen molar-refractivity contribution in [2.45, 2.75) is 0 Å². The molecule has 0 unspecified atom stereocenters. The number of carboxylic acid groups (broad SMARTS) is 2. The van der Waals surface area contributed by atoms with E-state index in [9.17, 15) is 0 Å². The second-order valence-electron chi connectivity index (χ2n) is 2.35. The Kier molecular flexibility index (Phi) is 13.9. The molecule has 0 atom stereocenters. The smallest absolute Gasteiger partial charge is 0.414 e. The number of methoxy groups -OCH3 is 2. The highest BCUT2D eigenvalue weighted by molar-refractivity contribution is 6.27. The zero-order chi connectivity index (χ0) is 12.1. The van der Waals surface area contributed by atoms with Gasteiger partial charge in [0.1, 0.15) is 0 Å². The van der Waals surface area contributed by atoms with Gasteiger partial charge in [-0.3, -0.25) is 0 Å². The molecule has 0 bridgehead atoms. The molecule has 0 saturated carbocycles. The van der Waals surface area contributed by atoms with Crippen LogP contribution in [0.1, 0.15) is 0 Å². The average Bonchev–Trinajstić information content (AvgIpc) is 2.18. The maximum absolute atomic E-state index is 9.10. The van der Waals surface area contributed by atoms with Gasteiger partial charge in [-0.2, -0.15) is 0 Å². The molecule has 7 heteroatoms. The number of hydrogen-bond acceptors (Lipinski definition) is 5. The first-order chi connectivity index (χ1) is 7.06. The van der Waals surface area contributed by atoms with Crippen LogP contribution in [-0.2, 0) is 19.1 Å². The average molecular weight is 223 g/mol. The van der Waals surface area contributed by atoms with E-state index < -0.39 is 11.9 Å². The minimum atomic E-state index is -1.82. The van der Waals surface area contributed by atoms with E-state index in [0.29, 0.717) is 0 Å². The standard InChI is InChI=1S/C6H15NO2.C2H2O4/c1-8-5-3-7-4-6-9-2;3-1(4)2(5)6/h7H,3-6H2,1-2H3;(H,3,4)(H,5,6). The van der Waals surface area contributed by atoms with Crippen LogP contribution in [0.25, 0.3) is 0 Å². The van der Waals surface area contributed by atoms with E-state index in [1.165, 1.54) is 0 Å². The van der Waals surface area contributed by atoms with Gasteiger partial charge in [-0.15, -0.1) is 0 Å². The molecule has 0 amide bonds. The number of aliphatic carboxylic acids is 2. The van der Waals surface area contributed by atoms with Crippen molar-refractivity contribution < 1.29 is 29.3 Å². The fourth-order valence-corrected chi connectivity index (χ4v) is 0.473. The van der Waals surface area contributed by atoms with Crippen LogP contribution < -0.4 is 5.32 Å². The molecule has 0 aliphatic rings. The SMILES string of the molecule is COCCNCCOC.O=C(O)C(=O)O. The summed E-state index contributed by atoms with van der Waals surface area (Å²) in [6.07, 6.45) is 0. The monoisotopic (exact) mass is 223 g/mol. The number of hydrogen-bond donors (Lipinski definition) is 3. The molecule has 0 spiro atoms. The number of carboxylic acids is 2. The van der Waals surface area contributed by atoms with Crippen molar-refractivity contribution in [2.24, 2.45) is 0 Å². The molecule has 0 saturated heterocycles. The van der Waals surface area contributed by atoms with E-state index in [-0.39, 0.29) is 0 Å². The predicted molar refractivity (Wildman–Crippen MR) is 51.9 cm³/mol. The Hall–Kier alpha value is -1.18. The van der Waals surface area contributed by atoms with Gasteiger partial charge in [0, 0.05) is 27.3 Å². The van der Waals surface area contributed by atoms with Crippen molar-refractivity contribution in [3.05, 3.63) is 0 Å². The Labute approximate surface area is 88.0 Å². The summed E-state index contributed by atoms with van der Waals surface area (Å²) in [5, 5.41) is 17.9. The topological polar surface area (TPSA) is 105 Å². The number of ether oxygens (including phenoxy) is 2. The predicted octanol–water partition coefficient (Wildman–Crippen LogP) is -0.976. The zero-order valence-corrected chi connectivity index (χ0v) is 8.86. The molecular formula is C8H17NO6. The van der Waals surface area contributed by atoms with Gasteiger partial charge >= 0.3 is 11.9 Å². The Morgan fingerprint density at radius 2 is 1.33 bits per heavy atom. The summed E-state index contributed by atoms with van der Waals surface area (Å²) in [4.78, 5) is 18.2. The van der Waals surface area contributed by atoms with Gasteiger partial charge in [0.2, 0.25) is 0 Å². The second kappa shape index (κ2) is 12.8. The third kappa shape index (κ3) is 19.3. The van der Waals surface area contributed by atoms with Gasteiger partial charge in [-0.25, -0.2) is 9.59 Å². The van der Waals surface area contributed by atoms with Gasteiger partial charge in [0.15, 0.2) is 0 Å². The van der Waals surface area contributed by atoms with E-state index >= 15 is 0 Å². The zero-order valence-electron chi connectivity index (χ0n) is 8.86. The fourth-order valence-electron chi connectivity index (χ4n) is 0.473.